The molecular weight excluding hydrogens is 397 g/mol. The number of carbonyl (C=O) groups excluding carboxylic acids is 2. The number of hydrazone groups is 1. The van der Waals surface area contributed by atoms with Crippen LogP contribution in [0.15, 0.2) is 23.3 Å². The van der Waals surface area contributed by atoms with Gasteiger partial charge in [-0.25, -0.2) is 5.43 Å². The van der Waals surface area contributed by atoms with Gasteiger partial charge < -0.3 is 5.32 Å². The second kappa shape index (κ2) is 15.3. The van der Waals surface area contributed by atoms with Crippen LogP contribution in [-0.2, 0) is 9.59 Å². The van der Waals surface area contributed by atoms with E-state index < -0.39 is 5.91 Å². The van der Waals surface area contributed by atoms with Crippen molar-refractivity contribution in [3.63, 3.8) is 0 Å². The standard InChI is InChI=1S/C21H31Cl2N3O2/c1-2-3-4-5-6-7-8-9-10-14-20(27)24-16-21(28)26-25-15-17-18(22)12-11-13-19(17)23/h11-13,15H,2-10,14,16H2,1H3,(H,24,27)(H,26,28)/b25-15-. The Morgan fingerprint density at radius 2 is 1.50 bits per heavy atom. The Hall–Kier alpha value is -1.59. The maximum Gasteiger partial charge on any atom is 0.259 e. The molecule has 0 bridgehead atoms. The molecule has 0 saturated heterocycles. The van der Waals surface area contributed by atoms with E-state index in [9.17, 15) is 9.59 Å². The number of hydrogen-bond acceptors (Lipinski definition) is 3. The topological polar surface area (TPSA) is 70.6 Å². The molecule has 28 heavy (non-hydrogen) atoms. The number of benzene rings is 1. The van der Waals surface area contributed by atoms with Crippen LogP contribution in [0, 0.1) is 0 Å². The lowest BCUT2D eigenvalue weighted by Crippen LogP contribution is -2.34. The van der Waals surface area contributed by atoms with Gasteiger partial charge in [-0.3, -0.25) is 9.59 Å². The first kappa shape index (κ1) is 24.4. The van der Waals surface area contributed by atoms with Crippen molar-refractivity contribution in [2.45, 2.75) is 71.1 Å². The maximum absolute atomic E-state index is 11.8. The average molecular weight is 428 g/mol. The molecule has 1 aromatic carbocycles. The summed E-state index contributed by atoms with van der Waals surface area (Å²) in [5.74, 6) is -0.518. The lowest BCUT2D eigenvalue weighted by atomic mass is 10.1. The molecule has 0 aliphatic rings. The molecule has 1 aromatic rings. The zero-order valence-electron chi connectivity index (χ0n) is 16.6. The summed E-state index contributed by atoms with van der Waals surface area (Å²) in [4.78, 5) is 23.5. The van der Waals surface area contributed by atoms with Crippen LogP contribution in [0.3, 0.4) is 0 Å². The van der Waals surface area contributed by atoms with E-state index in [0.29, 0.717) is 22.0 Å². The van der Waals surface area contributed by atoms with Gasteiger partial charge in [0.15, 0.2) is 0 Å². The summed E-state index contributed by atoms with van der Waals surface area (Å²) in [6.45, 7) is 2.11. The fraction of sp³-hybridized carbons (Fsp3) is 0.571. The maximum atomic E-state index is 11.8. The molecule has 0 aliphatic carbocycles. The van der Waals surface area contributed by atoms with Gasteiger partial charge in [-0.05, 0) is 18.6 Å². The highest BCUT2D eigenvalue weighted by atomic mass is 35.5. The Morgan fingerprint density at radius 1 is 0.929 bits per heavy atom. The van der Waals surface area contributed by atoms with Gasteiger partial charge in [0, 0.05) is 12.0 Å². The number of nitrogens with zero attached hydrogens (tertiary/aromatic N) is 1. The Bertz CT molecular complexity index is 616. The number of hydrogen-bond donors (Lipinski definition) is 2. The smallest absolute Gasteiger partial charge is 0.259 e. The summed E-state index contributed by atoms with van der Waals surface area (Å²) < 4.78 is 0. The third kappa shape index (κ3) is 11.3. The zero-order chi connectivity index (χ0) is 20.6. The van der Waals surface area contributed by atoms with Gasteiger partial charge in [0.2, 0.25) is 5.91 Å². The van der Waals surface area contributed by atoms with E-state index in [2.05, 4.69) is 22.8 Å². The molecule has 0 aliphatic heterocycles. The minimum Gasteiger partial charge on any atom is -0.347 e. The van der Waals surface area contributed by atoms with Gasteiger partial charge in [0.05, 0.1) is 22.8 Å². The van der Waals surface area contributed by atoms with Crippen LogP contribution < -0.4 is 10.7 Å². The van der Waals surface area contributed by atoms with Crippen LogP contribution in [0.4, 0.5) is 0 Å². The highest BCUT2D eigenvalue weighted by molar-refractivity contribution is 6.38. The van der Waals surface area contributed by atoms with Crippen LogP contribution in [-0.4, -0.2) is 24.6 Å². The molecular formula is C21H31Cl2N3O2. The van der Waals surface area contributed by atoms with E-state index in [1.54, 1.807) is 18.2 Å². The van der Waals surface area contributed by atoms with E-state index >= 15 is 0 Å². The van der Waals surface area contributed by atoms with Gasteiger partial charge in [-0.1, -0.05) is 87.6 Å². The lowest BCUT2D eigenvalue weighted by Gasteiger charge is -2.05. The van der Waals surface area contributed by atoms with Crippen LogP contribution >= 0.6 is 23.2 Å². The quantitative estimate of drug-likeness (QED) is 0.234. The molecule has 0 saturated carbocycles. The molecule has 0 atom stereocenters. The molecule has 0 spiro atoms. The van der Waals surface area contributed by atoms with Crippen LogP contribution in [0.5, 0.6) is 0 Å². The van der Waals surface area contributed by atoms with E-state index in [4.69, 9.17) is 23.2 Å². The average Bonchev–Trinajstić information content (AvgIpc) is 2.67. The molecule has 0 heterocycles. The zero-order valence-corrected chi connectivity index (χ0v) is 18.1. The summed E-state index contributed by atoms with van der Waals surface area (Å²) in [7, 11) is 0. The van der Waals surface area contributed by atoms with Crippen molar-refractivity contribution < 1.29 is 9.59 Å². The van der Waals surface area contributed by atoms with E-state index in [1.165, 1.54) is 51.2 Å². The number of halogens is 2. The first-order chi connectivity index (χ1) is 13.5. The van der Waals surface area contributed by atoms with Crippen molar-refractivity contribution in [2.24, 2.45) is 5.10 Å². The molecule has 156 valence electrons. The Balaban J connectivity index is 2.08. The fourth-order valence-corrected chi connectivity index (χ4v) is 3.20. The monoisotopic (exact) mass is 427 g/mol. The van der Waals surface area contributed by atoms with Crippen molar-refractivity contribution in [3.8, 4) is 0 Å². The summed E-state index contributed by atoms with van der Waals surface area (Å²) in [5.41, 5.74) is 2.87. The van der Waals surface area contributed by atoms with E-state index in [-0.39, 0.29) is 12.5 Å². The van der Waals surface area contributed by atoms with Crippen LogP contribution in [0.2, 0.25) is 10.0 Å². The summed E-state index contributed by atoms with van der Waals surface area (Å²) in [6, 6.07) is 5.09. The van der Waals surface area contributed by atoms with Gasteiger partial charge in [0.1, 0.15) is 0 Å². The van der Waals surface area contributed by atoms with Crippen molar-refractivity contribution >= 4 is 41.2 Å². The molecule has 5 nitrogen and oxygen atoms in total. The molecule has 2 N–H and O–H groups in total. The molecule has 0 fully saturated rings. The van der Waals surface area contributed by atoms with Crippen LogP contribution in [0.25, 0.3) is 0 Å². The molecule has 0 aromatic heterocycles. The fourth-order valence-electron chi connectivity index (χ4n) is 2.71. The number of carbonyl (C=O) groups is 2. The summed E-state index contributed by atoms with van der Waals surface area (Å²) >= 11 is 12.0. The Morgan fingerprint density at radius 3 is 2.11 bits per heavy atom. The normalized spacial score (nSPS) is 11.0. The molecule has 7 heteroatoms. The molecule has 0 unspecified atom stereocenters. The molecule has 0 radical (unpaired) electrons. The first-order valence-corrected chi connectivity index (χ1v) is 10.8. The number of rotatable bonds is 14. The summed E-state index contributed by atoms with van der Waals surface area (Å²) in [5, 5.41) is 7.31. The van der Waals surface area contributed by atoms with Gasteiger partial charge in [-0.2, -0.15) is 5.10 Å². The lowest BCUT2D eigenvalue weighted by molar-refractivity contribution is -0.126. The highest BCUT2D eigenvalue weighted by Gasteiger charge is 2.05. The number of amides is 2. The number of unbranched alkanes of at least 4 members (excludes halogenated alkanes) is 8. The van der Waals surface area contributed by atoms with E-state index in [0.717, 1.165) is 12.8 Å². The second-order valence-electron chi connectivity index (χ2n) is 6.78. The van der Waals surface area contributed by atoms with Crippen LogP contribution in [0.1, 0.15) is 76.7 Å². The SMILES string of the molecule is CCCCCCCCCCCC(=O)NCC(=O)N/N=C\c1c(Cl)cccc1Cl. The first-order valence-electron chi connectivity index (χ1n) is 10.1. The van der Waals surface area contributed by atoms with Crippen molar-refractivity contribution in [3.05, 3.63) is 33.8 Å². The highest BCUT2D eigenvalue weighted by Crippen LogP contribution is 2.21. The van der Waals surface area contributed by atoms with Crippen molar-refractivity contribution in [1.82, 2.24) is 10.7 Å². The second-order valence-corrected chi connectivity index (χ2v) is 7.60. The Kier molecular flexibility index (Phi) is 13.4. The third-order valence-corrected chi connectivity index (χ3v) is 5.00. The molecule has 2 amide bonds. The van der Waals surface area contributed by atoms with Crippen molar-refractivity contribution in [2.75, 3.05) is 6.54 Å². The number of nitrogens with one attached hydrogen (secondary N) is 2. The minimum absolute atomic E-state index is 0.107. The Labute approximate surface area is 178 Å². The predicted octanol–water partition coefficient (Wildman–Crippen LogP) is 5.48. The van der Waals surface area contributed by atoms with Crippen molar-refractivity contribution in [1.29, 1.82) is 0 Å². The predicted molar refractivity (Wildman–Crippen MR) is 117 cm³/mol. The van der Waals surface area contributed by atoms with E-state index in [1.807, 2.05) is 0 Å². The summed E-state index contributed by atoms with van der Waals surface area (Å²) in [6.07, 6.45) is 12.7. The van der Waals surface area contributed by atoms with Gasteiger partial charge >= 0.3 is 0 Å². The van der Waals surface area contributed by atoms with Gasteiger partial charge in [0.25, 0.3) is 5.91 Å². The largest absolute Gasteiger partial charge is 0.347 e. The minimum atomic E-state index is -0.403. The van der Waals surface area contributed by atoms with Gasteiger partial charge in [-0.15, -0.1) is 0 Å². The third-order valence-electron chi connectivity index (χ3n) is 4.34. The molecule has 1 rings (SSSR count).